The molecule has 0 fully saturated rings. The summed E-state index contributed by atoms with van der Waals surface area (Å²) in [6.07, 6.45) is 0. The highest BCUT2D eigenvalue weighted by Gasteiger charge is 2.17. The summed E-state index contributed by atoms with van der Waals surface area (Å²) in [7, 11) is 0. The highest BCUT2D eigenvalue weighted by molar-refractivity contribution is 6.41. The molecule has 0 bridgehead atoms. The Morgan fingerprint density at radius 1 is 1.40 bits per heavy atom. The first-order valence-corrected chi connectivity index (χ1v) is 4.91. The van der Waals surface area contributed by atoms with Gasteiger partial charge in [-0.25, -0.2) is 4.79 Å². The second-order valence-corrected chi connectivity index (χ2v) is 3.42. The van der Waals surface area contributed by atoms with Crippen LogP contribution < -0.4 is 0 Å². The van der Waals surface area contributed by atoms with Crippen molar-refractivity contribution in [2.75, 3.05) is 6.61 Å². The highest BCUT2D eigenvalue weighted by Crippen LogP contribution is 2.17. The molecule has 1 aromatic rings. The van der Waals surface area contributed by atoms with Crippen molar-refractivity contribution < 1.29 is 14.3 Å². The Morgan fingerprint density at radius 2 is 2.07 bits per heavy atom. The second kappa shape index (κ2) is 4.94. The van der Waals surface area contributed by atoms with Gasteiger partial charge in [0.05, 0.1) is 6.61 Å². The number of carbonyl (C=O) groups excluding carboxylic acids is 2. The molecule has 0 amide bonds. The molecule has 0 aromatic heterocycles. The molecule has 1 aromatic carbocycles. The van der Waals surface area contributed by atoms with Crippen LogP contribution in [0.1, 0.15) is 22.8 Å². The lowest BCUT2D eigenvalue weighted by atomic mass is 10.1. The predicted octanol–water partition coefficient (Wildman–Crippen LogP) is 2.39. The van der Waals surface area contributed by atoms with Crippen molar-refractivity contribution >= 4 is 23.4 Å². The Bertz CT molecular complexity index is 399. The van der Waals surface area contributed by atoms with Crippen LogP contribution in [-0.2, 0) is 9.53 Å². The summed E-state index contributed by atoms with van der Waals surface area (Å²) in [6, 6.07) is 4.71. The Kier molecular flexibility index (Phi) is 3.86. The van der Waals surface area contributed by atoms with Crippen LogP contribution in [0, 0.1) is 6.92 Å². The first-order valence-electron chi connectivity index (χ1n) is 4.54. The minimum Gasteiger partial charge on any atom is -0.460 e. The van der Waals surface area contributed by atoms with Crippen molar-refractivity contribution in [2.45, 2.75) is 13.8 Å². The zero-order chi connectivity index (χ0) is 11.4. The molecule has 0 atom stereocenters. The van der Waals surface area contributed by atoms with E-state index < -0.39 is 11.8 Å². The van der Waals surface area contributed by atoms with E-state index in [1.165, 1.54) is 6.07 Å². The maximum Gasteiger partial charge on any atom is 0.379 e. The summed E-state index contributed by atoms with van der Waals surface area (Å²) in [6.45, 7) is 3.65. The van der Waals surface area contributed by atoms with Crippen LogP contribution in [0.4, 0.5) is 0 Å². The second-order valence-electron chi connectivity index (χ2n) is 3.01. The Hall–Kier alpha value is -1.35. The van der Waals surface area contributed by atoms with Crippen molar-refractivity contribution in [2.24, 2.45) is 0 Å². The molecule has 80 valence electrons. The van der Waals surface area contributed by atoms with E-state index in [2.05, 4.69) is 4.74 Å². The molecular formula is C11H11ClO3. The van der Waals surface area contributed by atoms with Gasteiger partial charge in [-0.05, 0) is 25.5 Å². The van der Waals surface area contributed by atoms with E-state index in [0.717, 1.165) is 5.56 Å². The number of carbonyl (C=O) groups is 2. The Labute approximate surface area is 93.0 Å². The zero-order valence-corrected chi connectivity index (χ0v) is 9.30. The van der Waals surface area contributed by atoms with Gasteiger partial charge in [0.15, 0.2) is 0 Å². The number of hydrogen-bond donors (Lipinski definition) is 0. The Balaban J connectivity index is 2.92. The first-order chi connectivity index (χ1) is 7.06. The fourth-order valence-electron chi connectivity index (χ4n) is 1.05. The quantitative estimate of drug-likeness (QED) is 0.452. The first kappa shape index (κ1) is 11.7. The molecule has 15 heavy (non-hydrogen) atoms. The summed E-state index contributed by atoms with van der Waals surface area (Å²) < 4.78 is 4.60. The minimum atomic E-state index is -0.850. The van der Waals surface area contributed by atoms with Gasteiger partial charge in [0.2, 0.25) is 0 Å². The number of Topliss-reactive ketones (excluding diaryl/α,β-unsaturated/α-hetero) is 1. The van der Waals surface area contributed by atoms with Crippen molar-refractivity contribution in [3.63, 3.8) is 0 Å². The van der Waals surface area contributed by atoms with Gasteiger partial charge in [-0.1, -0.05) is 23.7 Å². The third-order valence-electron chi connectivity index (χ3n) is 1.89. The third kappa shape index (κ3) is 2.80. The lowest BCUT2D eigenvalue weighted by molar-refractivity contribution is -0.137. The fraction of sp³-hybridized carbons (Fsp3) is 0.273. The normalized spacial score (nSPS) is 9.80. The van der Waals surface area contributed by atoms with E-state index in [-0.39, 0.29) is 12.2 Å². The molecule has 0 spiro atoms. The molecule has 0 N–H and O–H groups in total. The largest absolute Gasteiger partial charge is 0.460 e. The van der Waals surface area contributed by atoms with E-state index in [1.807, 2.05) is 6.92 Å². The van der Waals surface area contributed by atoms with Crippen LogP contribution in [-0.4, -0.2) is 18.4 Å². The van der Waals surface area contributed by atoms with Gasteiger partial charge in [0.25, 0.3) is 5.78 Å². The number of aryl methyl sites for hydroxylation is 1. The van der Waals surface area contributed by atoms with E-state index >= 15 is 0 Å². The topological polar surface area (TPSA) is 43.4 Å². The molecule has 0 aliphatic rings. The van der Waals surface area contributed by atoms with Gasteiger partial charge in [-0.15, -0.1) is 0 Å². The molecule has 3 nitrogen and oxygen atoms in total. The average Bonchev–Trinajstić information content (AvgIpc) is 2.21. The van der Waals surface area contributed by atoms with Gasteiger partial charge in [0.1, 0.15) is 0 Å². The Morgan fingerprint density at radius 3 is 2.60 bits per heavy atom. The number of esters is 1. The predicted molar refractivity (Wildman–Crippen MR) is 57.2 cm³/mol. The van der Waals surface area contributed by atoms with Crippen LogP contribution in [0.2, 0.25) is 5.02 Å². The van der Waals surface area contributed by atoms with Crippen molar-refractivity contribution in [3.05, 3.63) is 34.3 Å². The lowest BCUT2D eigenvalue weighted by Gasteiger charge is -2.02. The number of benzene rings is 1. The SMILES string of the molecule is CCOC(=O)C(=O)c1ccc(C)c(Cl)c1. The summed E-state index contributed by atoms with van der Waals surface area (Å²) in [4.78, 5) is 22.6. The molecule has 0 aliphatic carbocycles. The molecule has 0 saturated heterocycles. The van der Waals surface area contributed by atoms with E-state index in [9.17, 15) is 9.59 Å². The number of rotatable bonds is 3. The zero-order valence-electron chi connectivity index (χ0n) is 8.54. The van der Waals surface area contributed by atoms with E-state index in [0.29, 0.717) is 5.02 Å². The molecule has 0 unspecified atom stereocenters. The monoisotopic (exact) mass is 226 g/mol. The molecule has 0 aliphatic heterocycles. The smallest absolute Gasteiger partial charge is 0.379 e. The fourth-order valence-corrected chi connectivity index (χ4v) is 1.23. The van der Waals surface area contributed by atoms with Gasteiger partial charge in [-0.3, -0.25) is 4.79 Å². The molecule has 4 heteroatoms. The van der Waals surface area contributed by atoms with Crippen LogP contribution in [0.25, 0.3) is 0 Å². The third-order valence-corrected chi connectivity index (χ3v) is 2.30. The lowest BCUT2D eigenvalue weighted by Crippen LogP contribution is -2.17. The van der Waals surface area contributed by atoms with Crippen LogP contribution >= 0.6 is 11.6 Å². The molecule has 1 rings (SSSR count). The molecule has 0 saturated carbocycles. The van der Waals surface area contributed by atoms with E-state index in [4.69, 9.17) is 11.6 Å². The van der Waals surface area contributed by atoms with Crippen LogP contribution in [0.3, 0.4) is 0 Å². The number of halogens is 1. The summed E-state index contributed by atoms with van der Waals surface area (Å²) in [5.41, 5.74) is 1.11. The standard InChI is InChI=1S/C11H11ClO3/c1-3-15-11(14)10(13)8-5-4-7(2)9(12)6-8/h4-6H,3H2,1-2H3. The highest BCUT2D eigenvalue weighted by atomic mass is 35.5. The van der Waals surface area contributed by atoms with Crippen molar-refractivity contribution in [1.82, 2.24) is 0 Å². The average molecular weight is 227 g/mol. The van der Waals surface area contributed by atoms with Gasteiger partial charge >= 0.3 is 5.97 Å². The molecular weight excluding hydrogens is 216 g/mol. The minimum absolute atomic E-state index is 0.185. The summed E-state index contributed by atoms with van der Waals surface area (Å²) in [5.74, 6) is -1.52. The summed E-state index contributed by atoms with van der Waals surface area (Å²) >= 11 is 5.84. The number of ether oxygens (including phenoxy) is 1. The van der Waals surface area contributed by atoms with E-state index in [1.54, 1.807) is 19.1 Å². The molecule has 0 heterocycles. The molecule has 0 radical (unpaired) electrons. The van der Waals surface area contributed by atoms with Gasteiger partial charge in [-0.2, -0.15) is 0 Å². The number of ketones is 1. The van der Waals surface area contributed by atoms with Crippen LogP contribution in [0.15, 0.2) is 18.2 Å². The van der Waals surface area contributed by atoms with Crippen molar-refractivity contribution in [1.29, 1.82) is 0 Å². The van der Waals surface area contributed by atoms with Crippen molar-refractivity contribution in [3.8, 4) is 0 Å². The maximum atomic E-state index is 11.5. The summed E-state index contributed by atoms with van der Waals surface area (Å²) in [5, 5.41) is 0.463. The van der Waals surface area contributed by atoms with Gasteiger partial charge in [0, 0.05) is 10.6 Å². The van der Waals surface area contributed by atoms with Gasteiger partial charge < -0.3 is 4.74 Å². The van der Waals surface area contributed by atoms with Crippen LogP contribution in [0.5, 0.6) is 0 Å². The number of hydrogen-bond acceptors (Lipinski definition) is 3. The maximum absolute atomic E-state index is 11.5.